The maximum absolute atomic E-state index is 10.7. The summed E-state index contributed by atoms with van der Waals surface area (Å²) >= 11 is 0. The van der Waals surface area contributed by atoms with E-state index in [4.69, 9.17) is 20.1 Å². The Morgan fingerprint density at radius 2 is 1.70 bits per heavy atom. The van der Waals surface area contributed by atoms with Crippen molar-refractivity contribution in [2.24, 2.45) is 5.41 Å². The van der Waals surface area contributed by atoms with Crippen molar-refractivity contribution in [3.8, 4) is 0 Å². The van der Waals surface area contributed by atoms with Crippen molar-refractivity contribution in [1.82, 2.24) is 0 Å². The highest BCUT2D eigenvalue weighted by Gasteiger charge is 2.24. The van der Waals surface area contributed by atoms with Crippen LogP contribution in [-0.2, 0) is 9.53 Å². The number of ether oxygens (including phenoxy) is 1. The minimum absolute atomic E-state index is 0.156. The summed E-state index contributed by atoms with van der Waals surface area (Å²) in [6.45, 7) is 4.70. The van der Waals surface area contributed by atoms with Gasteiger partial charge in [0.15, 0.2) is 0 Å². The van der Waals surface area contributed by atoms with Gasteiger partial charge in [-0.05, 0) is 32.1 Å². The predicted molar refractivity (Wildman–Crippen MR) is 77.1 cm³/mol. The molecule has 0 amide bonds. The van der Waals surface area contributed by atoms with Crippen LogP contribution < -0.4 is 0 Å². The lowest BCUT2D eigenvalue weighted by Crippen LogP contribution is -2.32. The molecule has 118 valence electrons. The van der Waals surface area contributed by atoms with E-state index < -0.39 is 5.41 Å². The van der Waals surface area contributed by atoms with Crippen molar-refractivity contribution in [3.05, 3.63) is 12.7 Å². The van der Waals surface area contributed by atoms with Crippen LogP contribution in [0.2, 0.25) is 0 Å². The van der Waals surface area contributed by atoms with Crippen molar-refractivity contribution in [2.75, 3.05) is 19.8 Å². The average Bonchev–Trinajstić information content (AvgIpc) is 2.52. The van der Waals surface area contributed by atoms with E-state index in [1.807, 2.05) is 6.92 Å². The monoisotopic (exact) mass is 288 g/mol. The Bertz CT molecular complexity index is 250. The maximum atomic E-state index is 10.7. The van der Waals surface area contributed by atoms with Gasteiger partial charge in [-0.15, -0.1) is 0 Å². The molecule has 1 aliphatic carbocycles. The fourth-order valence-electron chi connectivity index (χ4n) is 1.88. The highest BCUT2D eigenvalue weighted by Crippen LogP contribution is 2.20. The van der Waals surface area contributed by atoms with Crippen molar-refractivity contribution >= 4 is 5.97 Å². The lowest BCUT2D eigenvalue weighted by molar-refractivity contribution is -0.144. The number of esters is 1. The predicted octanol–water partition coefficient (Wildman–Crippen LogP) is 1.41. The van der Waals surface area contributed by atoms with Crippen LogP contribution in [0.25, 0.3) is 0 Å². The molecule has 0 radical (unpaired) electrons. The summed E-state index contributed by atoms with van der Waals surface area (Å²) in [5, 5.41) is 26.0. The van der Waals surface area contributed by atoms with E-state index in [9.17, 15) is 4.79 Å². The zero-order chi connectivity index (χ0) is 15.4. The molecule has 0 bridgehead atoms. The smallest absolute Gasteiger partial charge is 0.330 e. The fraction of sp³-hybridized carbons (Fsp3) is 0.800. The van der Waals surface area contributed by atoms with E-state index in [0.29, 0.717) is 6.42 Å². The molecule has 1 fully saturated rings. The largest absolute Gasteiger partial charge is 0.459 e. The third-order valence-corrected chi connectivity index (χ3v) is 3.76. The Balaban J connectivity index is 0.000000370. The van der Waals surface area contributed by atoms with E-state index in [1.54, 1.807) is 0 Å². The molecule has 0 saturated heterocycles. The van der Waals surface area contributed by atoms with E-state index >= 15 is 0 Å². The second kappa shape index (κ2) is 10.8. The number of carbonyl (C=O) groups excluding carboxylic acids is 1. The third-order valence-electron chi connectivity index (χ3n) is 3.76. The minimum atomic E-state index is -0.667. The number of hydrogen-bond donors (Lipinski definition) is 3. The van der Waals surface area contributed by atoms with E-state index in [0.717, 1.165) is 12.8 Å². The molecule has 1 rings (SSSR count). The molecule has 1 saturated carbocycles. The molecule has 0 heterocycles. The lowest BCUT2D eigenvalue weighted by Gasteiger charge is -2.24. The topological polar surface area (TPSA) is 87.0 Å². The summed E-state index contributed by atoms with van der Waals surface area (Å²) in [5.41, 5.74) is -0.667. The first kappa shape index (κ1) is 19.1. The van der Waals surface area contributed by atoms with Gasteiger partial charge in [0.05, 0.1) is 19.8 Å². The Kier molecular flexibility index (Phi) is 10.3. The fourth-order valence-corrected chi connectivity index (χ4v) is 1.88. The molecule has 0 aromatic heterocycles. The molecule has 0 atom stereocenters. The molecular formula is C15H28O5. The molecule has 1 aliphatic rings. The Labute approximate surface area is 121 Å². The molecule has 20 heavy (non-hydrogen) atoms. The van der Waals surface area contributed by atoms with Crippen LogP contribution in [-0.4, -0.2) is 47.2 Å². The van der Waals surface area contributed by atoms with Gasteiger partial charge in [-0.1, -0.05) is 19.9 Å². The summed E-state index contributed by atoms with van der Waals surface area (Å²) in [6.07, 6.45) is 7.70. The van der Waals surface area contributed by atoms with Crippen molar-refractivity contribution in [2.45, 2.75) is 51.6 Å². The summed E-state index contributed by atoms with van der Waals surface area (Å²) in [5.74, 6) is -0.281. The summed E-state index contributed by atoms with van der Waals surface area (Å²) < 4.78 is 5.08. The van der Waals surface area contributed by atoms with Crippen LogP contribution in [0.3, 0.4) is 0 Å². The highest BCUT2D eigenvalue weighted by atomic mass is 16.5. The number of carbonyl (C=O) groups is 1. The quantitative estimate of drug-likeness (QED) is 0.508. The highest BCUT2D eigenvalue weighted by molar-refractivity contribution is 5.81. The molecule has 0 aromatic carbocycles. The summed E-state index contributed by atoms with van der Waals surface area (Å²) in [7, 11) is 0. The zero-order valence-electron chi connectivity index (χ0n) is 12.4. The van der Waals surface area contributed by atoms with Gasteiger partial charge in [-0.3, -0.25) is 0 Å². The molecule has 0 aliphatic heterocycles. The lowest BCUT2D eigenvalue weighted by atomic mass is 9.88. The number of aliphatic hydroxyl groups excluding tert-OH is 3. The number of hydrogen-bond acceptors (Lipinski definition) is 5. The van der Waals surface area contributed by atoms with E-state index in [-0.39, 0.29) is 31.9 Å². The van der Waals surface area contributed by atoms with Crippen LogP contribution in [0, 0.1) is 5.41 Å². The van der Waals surface area contributed by atoms with E-state index in [2.05, 4.69) is 6.58 Å². The second-order valence-corrected chi connectivity index (χ2v) is 5.23. The van der Waals surface area contributed by atoms with Crippen LogP contribution in [0.5, 0.6) is 0 Å². The zero-order valence-corrected chi connectivity index (χ0v) is 12.4. The minimum Gasteiger partial charge on any atom is -0.459 e. The molecule has 0 unspecified atom stereocenters. The van der Waals surface area contributed by atoms with Gasteiger partial charge in [0, 0.05) is 11.5 Å². The van der Waals surface area contributed by atoms with Gasteiger partial charge >= 0.3 is 5.97 Å². The van der Waals surface area contributed by atoms with Gasteiger partial charge in [0.1, 0.15) is 6.10 Å². The molecule has 5 heteroatoms. The van der Waals surface area contributed by atoms with Crippen molar-refractivity contribution < 1.29 is 24.9 Å². The van der Waals surface area contributed by atoms with Crippen LogP contribution in [0.15, 0.2) is 12.7 Å². The van der Waals surface area contributed by atoms with Crippen molar-refractivity contribution in [3.63, 3.8) is 0 Å². The summed E-state index contributed by atoms with van der Waals surface area (Å²) in [4.78, 5) is 10.7. The van der Waals surface area contributed by atoms with Crippen LogP contribution >= 0.6 is 0 Å². The van der Waals surface area contributed by atoms with Gasteiger partial charge < -0.3 is 20.1 Å². The van der Waals surface area contributed by atoms with Crippen LogP contribution in [0.1, 0.15) is 45.4 Å². The van der Waals surface area contributed by atoms with E-state index in [1.165, 1.54) is 25.3 Å². The van der Waals surface area contributed by atoms with Gasteiger partial charge in [-0.2, -0.15) is 0 Å². The second-order valence-electron chi connectivity index (χ2n) is 5.23. The molecule has 3 N–H and O–H groups in total. The molecule has 5 nitrogen and oxygen atoms in total. The Morgan fingerprint density at radius 1 is 1.20 bits per heavy atom. The molecule has 0 aromatic rings. The number of aliphatic hydroxyl groups is 3. The van der Waals surface area contributed by atoms with Crippen LogP contribution in [0.4, 0.5) is 0 Å². The standard InChI is InChI=1S/C9H14O2.C6H14O3/c1-2-9(10)11-8-6-4-3-5-7-8;1-2-6(3-7,4-8)5-9/h2,8H,1,3-7H2;7-9H,2-5H2,1H3. The first-order chi connectivity index (χ1) is 9.57. The average molecular weight is 288 g/mol. The summed E-state index contributed by atoms with van der Waals surface area (Å²) in [6, 6.07) is 0. The SMILES string of the molecule is C=CC(=O)OC1CCCCC1.CCC(CO)(CO)CO. The first-order valence-corrected chi connectivity index (χ1v) is 7.23. The van der Waals surface area contributed by atoms with Gasteiger partial charge in [0.2, 0.25) is 0 Å². The van der Waals surface area contributed by atoms with Crippen molar-refractivity contribution in [1.29, 1.82) is 0 Å². The maximum Gasteiger partial charge on any atom is 0.330 e. The third kappa shape index (κ3) is 7.03. The Hall–Kier alpha value is -0.910. The van der Waals surface area contributed by atoms with Gasteiger partial charge in [0.25, 0.3) is 0 Å². The Morgan fingerprint density at radius 3 is 2.00 bits per heavy atom. The number of rotatable bonds is 6. The molecule has 0 spiro atoms. The molecular weight excluding hydrogens is 260 g/mol. The normalized spacial score (nSPS) is 16.0. The first-order valence-electron chi connectivity index (χ1n) is 7.23. The van der Waals surface area contributed by atoms with Gasteiger partial charge in [-0.25, -0.2) is 4.79 Å².